The number of primary amides is 1. The Morgan fingerprint density at radius 1 is 0.935 bits per heavy atom. The zero-order chi connectivity index (χ0) is 22.6. The number of nitrogens with one attached hydrogen (secondary N) is 1. The van der Waals surface area contributed by atoms with Crippen LogP contribution in [0.3, 0.4) is 0 Å². The Morgan fingerprint density at radius 2 is 1.58 bits per heavy atom. The van der Waals surface area contributed by atoms with Crippen molar-refractivity contribution >= 4 is 33.2 Å². The standard InChI is InChI=1S/C22H21N3O5S/c1-25(31(28,29)20-12-10-19(30-2)11-13-20)18-8-6-15(7-9-18)22(27)24-17-5-3-4-16(14-17)21(23)26/h3-14H,1-2H3,(H2,23,26)(H,24,27). The maximum atomic E-state index is 12.8. The Bertz CT molecular complexity index is 1210. The molecule has 0 saturated carbocycles. The molecule has 0 radical (unpaired) electrons. The van der Waals surface area contributed by atoms with E-state index in [2.05, 4.69) is 5.32 Å². The molecular weight excluding hydrogens is 418 g/mol. The Hall–Kier alpha value is -3.85. The molecular formula is C22H21N3O5S. The minimum Gasteiger partial charge on any atom is -0.497 e. The van der Waals surface area contributed by atoms with Gasteiger partial charge in [-0.05, 0) is 66.7 Å². The lowest BCUT2D eigenvalue weighted by Gasteiger charge is -2.20. The van der Waals surface area contributed by atoms with Crippen LogP contribution in [-0.4, -0.2) is 34.4 Å². The summed E-state index contributed by atoms with van der Waals surface area (Å²) in [4.78, 5) is 23.9. The van der Waals surface area contributed by atoms with Crippen LogP contribution in [0.25, 0.3) is 0 Å². The molecule has 3 aromatic carbocycles. The van der Waals surface area contributed by atoms with Gasteiger partial charge in [-0.3, -0.25) is 13.9 Å². The number of benzene rings is 3. The van der Waals surface area contributed by atoms with Crippen molar-refractivity contribution in [3.05, 3.63) is 83.9 Å². The number of amides is 2. The van der Waals surface area contributed by atoms with Gasteiger partial charge in [-0.25, -0.2) is 8.42 Å². The number of hydrogen-bond acceptors (Lipinski definition) is 5. The molecule has 0 bridgehead atoms. The summed E-state index contributed by atoms with van der Waals surface area (Å²) in [5, 5.41) is 2.68. The SMILES string of the molecule is COc1ccc(S(=O)(=O)N(C)c2ccc(C(=O)Nc3cccc(C(N)=O)c3)cc2)cc1. The van der Waals surface area contributed by atoms with Crippen molar-refractivity contribution in [3.63, 3.8) is 0 Å². The van der Waals surface area contributed by atoms with Crippen LogP contribution in [0.1, 0.15) is 20.7 Å². The quantitative estimate of drug-likeness (QED) is 0.587. The molecule has 160 valence electrons. The fourth-order valence-electron chi connectivity index (χ4n) is 2.82. The molecule has 0 aliphatic heterocycles. The van der Waals surface area contributed by atoms with Crippen molar-refractivity contribution in [2.24, 2.45) is 5.73 Å². The molecule has 0 aliphatic rings. The zero-order valence-corrected chi connectivity index (χ0v) is 17.7. The van der Waals surface area contributed by atoms with Gasteiger partial charge in [-0.2, -0.15) is 0 Å². The predicted molar refractivity (Wildman–Crippen MR) is 118 cm³/mol. The van der Waals surface area contributed by atoms with Crippen molar-refractivity contribution in [2.75, 3.05) is 23.8 Å². The Kier molecular flexibility index (Phi) is 6.26. The predicted octanol–water partition coefficient (Wildman–Crippen LogP) is 2.87. The van der Waals surface area contributed by atoms with E-state index in [4.69, 9.17) is 10.5 Å². The second kappa shape index (κ2) is 8.88. The molecule has 3 N–H and O–H groups in total. The molecule has 3 aromatic rings. The second-order valence-corrected chi connectivity index (χ2v) is 8.56. The third-order valence-electron chi connectivity index (χ3n) is 4.62. The van der Waals surface area contributed by atoms with Gasteiger partial charge in [-0.15, -0.1) is 0 Å². The van der Waals surface area contributed by atoms with E-state index >= 15 is 0 Å². The highest BCUT2D eigenvalue weighted by atomic mass is 32.2. The van der Waals surface area contributed by atoms with E-state index in [9.17, 15) is 18.0 Å². The normalized spacial score (nSPS) is 10.9. The van der Waals surface area contributed by atoms with E-state index < -0.39 is 21.8 Å². The van der Waals surface area contributed by atoms with Gasteiger partial charge in [0.1, 0.15) is 5.75 Å². The summed E-state index contributed by atoms with van der Waals surface area (Å²) in [7, 11) is -0.842. The molecule has 0 aromatic heterocycles. The minimum absolute atomic E-state index is 0.118. The maximum absolute atomic E-state index is 12.8. The number of rotatable bonds is 7. The molecule has 2 amide bonds. The van der Waals surface area contributed by atoms with Gasteiger partial charge in [-0.1, -0.05) is 6.07 Å². The highest BCUT2D eigenvalue weighted by Crippen LogP contribution is 2.24. The molecule has 31 heavy (non-hydrogen) atoms. The van der Waals surface area contributed by atoms with Crippen molar-refractivity contribution < 1.29 is 22.7 Å². The lowest BCUT2D eigenvalue weighted by atomic mass is 10.1. The summed E-state index contributed by atoms with van der Waals surface area (Å²) < 4.78 is 31.9. The van der Waals surface area contributed by atoms with Crippen LogP contribution in [0, 0.1) is 0 Å². The summed E-state index contributed by atoms with van der Waals surface area (Å²) in [6.45, 7) is 0. The summed E-state index contributed by atoms with van der Waals surface area (Å²) in [5.41, 5.74) is 6.66. The van der Waals surface area contributed by atoms with Gasteiger partial charge in [0.05, 0.1) is 17.7 Å². The molecule has 0 fully saturated rings. The number of nitrogens with two attached hydrogens (primary N) is 1. The Labute approximate surface area is 180 Å². The van der Waals surface area contributed by atoms with E-state index in [1.54, 1.807) is 30.3 Å². The van der Waals surface area contributed by atoms with Gasteiger partial charge >= 0.3 is 0 Å². The highest BCUT2D eigenvalue weighted by Gasteiger charge is 2.21. The van der Waals surface area contributed by atoms with E-state index in [1.165, 1.54) is 56.6 Å². The number of carbonyl (C=O) groups is 2. The summed E-state index contributed by atoms with van der Waals surface area (Å²) >= 11 is 0. The lowest BCUT2D eigenvalue weighted by molar-refractivity contribution is 0.0996. The first-order valence-corrected chi connectivity index (χ1v) is 10.6. The first-order valence-electron chi connectivity index (χ1n) is 9.16. The highest BCUT2D eigenvalue weighted by molar-refractivity contribution is 7.92. The van der Waals surface area contributed by atoms with Crippen LogP contribution < -0.4 is 20.1 Å². The van der Waals surface area contributed by atoms with E-state index in [1.807, 2.05) is 0 Å². The van der Waals surface area contributed by atoms with Gasteiger partial charge in [0.2, 0.25) is 5.91 Å². The average Bonchev–Trinajstić information content (AvgIpc) is 2.78. The number of anilines is 2. The van der Waals surface area contributed by atoms with Gasteiger partial charge in [0.15, 0.2) is 0 Å². The number of nitrogens with zero attached hydrogens (tertiary/aromatic N) is 1. The molecule has 8 nitrogen and oxygen atoms in total. The third-order valence-corrected chi connectivity index (χ3v) is 6.42. The van der Waals surface area contributed by atoms with Crippen LogP contribution in [0.2, 0.25) is 0 Å². The van der Waals surface area contributed by atoms with Crippen LogP contribution in [0.15, 0.2) is 77.7 Å². The number of ether oxygens (including phenoxy) is 1. The van der Waals surface area contributed by atoms with Gasteiger partial charge in [0, 0.05) is 23.9 Å². The first-order chi connectivity index (χ1) is 14.7. The molecule has 3 rings (SSSR count). The van der Waals surface area contributed by atoms with Crippen LogP contribution in [-0.2, 0) is 10.0 Å². The fourth-order valence-corrected chi connectivity index (χ4v) is 4.02. The van der Waals surface area contributed by atoms with Crippen LogP contribution in [0.5, 0.6) is 5.75 Å². The fraction of sp³-hybridized carbons (Fsp3) is 0.0909. The Morgan fingerprint density at radius 3 is 2.16 bits per heavy atom. The number of hydrogen-bond donors (Lipinski definition) is 2. The molecule has 0 atom stereocenters. The summed E-state index contributed by atoms with van der Waals surface area (Å²) in [5.74, 6) is -0.450. The van der Waals surface area contributed by atoms with E-state index in [0.717, 1.165) is 4.31 Å². The van der Waals surface area contributed by atoms with Crippen LogP contribution in [0.4, 0.5) is 11.4 Å². The smallest absolute Gasteiger partial charge is 0.264 e. The molecule has 9 heteroatoms. The third kappa shape index (κ3) is 4.84. The topological polar surface area (TPSA) is 119 Å². The lowest BCUT2D eigenvalue weighted by Crippen LogP contribution is -2.26. The monoisotopic (exact) mass is 439 g/mol. The molecule has 0 heterocycles. The van der Waals surface area contributed by atoms with Gasteiger partial charge < -0.3 is 15.8 Å². The van der Waals surface area contributed by atoms with Gasteiger partial charge in [0.25, 0.3) is 15.9 Å². The van der Waals surface area contributed by atoms with Crippen molar-refractivity contribution in [1.29, 1.82) is 0 Å². The van der Waals surface area contributed by atoms with Crippen molar-refractivity contribution in [2.45, 2.75) is 4.90 Å². The van der Waals surface area contributed by atoms with Crippen molar-refractivity contribution in [3.8, 4) is 5.75 Å². The minimum atomic E-state index is -3.78. The number of methoxy groups -OCH3 is 1. The number of carbonyl (C=O) groups excluding carboxylic acids is 2. The maximum Gasteiger partial charge on any atom is 0.264 e. The molecule has 0 unspecified atom stereocenters. The van der Waals surface area contributed by atoms with E-state index in [-0.39, 0.29) is 10.5 Å². The Balaban J connectivity index is 1.76. The molecule has 0 aliphatic carbocycles. The summed E-state index contributed by atoms with van der Waals surface area (Å²) in [6.07, 6.45) is 0. The summed E-state index contributed by atoms with van der Waals surface area (Å²) in [6, 6.07) is 18.4. The largest absolute Gasteiger partial charge is 0.497 e. The average molecular weight is 439 g/mol. The molecule has 0 spiro atoms. The van der Waals surface area contributed by atoms with E-state index in [0.29, 0.717) is 22.7 Å². The van der Waals surface area contributed by atoms with Crippen LogP contribution >= 0.6 is 0 Å². The second-order valence-electron chi connectivity index (χ2n) is 6.59. The van der Waals surface area contributed by atoms with Crippen molar-refractivity contribution in [1.82, 2.24) is 0 Å². The molecule has 0 saturated heterocycles. The zero-order valence-electron chi connectivity index (χ0n) is 16.9. The number of sulfonamides is 1. The first kappa shape index (κ1) is 21.8.